The molecule has 0 aromatic carbocycles. The van der Waals surface area contributed by atoms with Crippen LogP contribution in [0.2, 0.25) is 0 Å². The summed E-state index contributed by atoms with van der Waals surface area (Å²) < 4.78 is 0. The Hall–Kier alpha value is -0.0400. The molecule has 0 N–H and O–H groups in total. The van der Waals surface area contributed by atoms with Crippen LogP contribution in [-0.4, -0.2) is 24.0 Å². The van der Waals surface area contributed by atoms with Crippen molar-refractivity contribution in [2.75, 3.05) is 13.6 Å². The molecule has 1 heteroatoms. The summed E-state index contributed by atoms with van der Waals surface area (Å²) in [5.41, 5.74) is 0.689. The molecule has 80 valence electrons. The van der Waals surface area contributed by atoms with Crippen LogP contribution in [0.5, 0.6) is 0 Å². The maximum Gasteiger partial charge on any atom is 0.0122 e. The Bertz CT molecular complexity index is 151. The molecule has 0 aromatic heterocycles. The van der Waals surface area contributed by atoms with Crippen LogP contribution in [0.25, 0.3) is 0 Å². The van der Waals surface area contributed by atoms with E-state index in [1.807, 2.05) is 0 Å². The van der Waals surface area contributed by atoms with E-state index in [0.29, 0.717) is 5.41 Å². The maximum atomic E-state index is 2.44. The highest BCUT2D eigenvalue weighted by Gasteiger charge is 2.28. The number of hydrogen-bond donors (Lipinski definition) is 0. The predicted octanol–water partition coefficient (Wildman–Crippen LogP) is 3.40. The molecule has 0 aromatic rings. The molecule has 0 saturated carbocycles. The summed E-state index contributed by atoms with van der Waals surface area (Å²) in [5.74, 6) is 0.734. The second-order valence-corrected chi connectivity index (χ2v) is 6.17. The molecular formula is C12H27N. The van der Waals surface area contributed by atoms with Gasteiger partial charge in [-0.15, -0.1) is 0 Å². The van der Waals surface area contributed by atoms with E-state index in [4.69, 9.17) is 0 Å². The first kappa shape index (κ1) is 13.0. The van der Waals surface area contributed by atoms with Gasteiger partial charge in [-0.1, -0.05) is 27.7 Å². The van der Waals surface area contributed by atoms with Crippen LogP contribution in [0.15, 0.2) is 0 Å². The van der Waals surface area contributed by atoms with Crippen molar-refractivity contribution < 1.29 is 0 Å². The SMILES string of the molecule is CC(C)C(C)(C)CN(C)C(C)(C)C. The molecule has 0 amide bonds. The predicted molar refractivity (Wildman–Crippen MR) is 61.0 cm³/mol. The normalized spacial score (nSPS) is 14.3. The second-order valence-electron chi connectivity index (χ2n) is 6.17. The van der Waals surface area contributed by atoms with E-state index < -0.39 is 0 Å². The van der Waals surface area contributed by atoms with Gasteiger partial charge in [0.15, 0.2) is 0 Å². The summed E-state index contributed by atoms with van der Waals surface area (Å²) in [6, 6.07) is 0. The minimum Gasteiger partial charge on any atom is -0.301 e. The zero-order valence-electron chi connectivity index (χ0n) is 10.7. The maximum absolute atomic E-state index is 2.44. The molecule has 0 heterocycles. The number of rotatable bonds is 3. The van der Waals surface area contributed by atoms with Gasteiger partial charge in [-0.3, -0.25) is 0 Å². The summed E-state index contributed by atoms with van der Waals surface area (Å²) in [6.07, 6.45) is 0. The average molecular weight is 185 g/mol. The zero-order chi connectivity index (χ0) is 10.9. The summed E-state index contributed by atoms with van der Waals surface area (Å²) in [5, 5.41) is 0. The smallest absolute Gasteiger partial charge is 0.0122 e. The van der Waals surface area contributed by atoms with Gasteiger partial charge >= 0.3 is 0 Å². The summed E-state index contributed by atoms with van der Waals surface area (Å²) in [4.78, 5) is 2.44. The van der Waals surface area contributed by atoms with Crippen molar-refractivity contribution in [1.82, 2.24) is 4.90 Å². The largest absolute Gasteiger partial charge is 0.301 e. The van der Waals surface area contributed by atoms with E-state index in [-0.39, 0.29) is 5.54 Å². The van der Waals surface area contributed by atoms with Crippen LogP contribution < -0.4 is 0 Å². The van der Waals surface area contributed by atoms with E-state index in [0.717, 1.165) is 12.5 Å². The van der Waals surface area contributed by atoms with Crippen molar-refractivity contribution in [1.29, 1.82) is 0 Å². The molecule has 0 rings (SSSR count). The molecule has 0 spiro atoms. The fourth-order valence-electron chi connectivity index (χ4n) is 1.03. The fraction of sp³-hybridized carbons (Fsp3) is 1.00. The molecule has 0 atom stereocenters. The van der Waals surface area contributed by atoms with Crippen molar-refractivity contribution in [2.45, 2.75) is 54.0 Å². The van der Waals surface area contributed by atoms with Crippen molar-refractivity contribution in [3.05, 3.63) is 0 Å². The third-order valence-electron chi connectivity index (χ3n) is 3.35. The standard InChI is InChI=1S/C12H27N/c1-10(2)12(6,7)9-13(8)11(3,4)5/h10H,9H2,1-8H3. The lowest BCUT2D eigenvalue weighted by atomic mass is 9.80. The van der Waals surface area contributed by atoms with Crippen molar-refractivity contribution >= 4 is 0 Å². The van der Waals surface area contributed by atoms with Crippen LogP contribution in [0.1, 0.15) is 48.5 Å². The fourth-order valence-corrected chi connectivity index (χ4v) is 1.03. The Balaban J connectivity index is 4.28. The summed E-state index contributed by atoms with van der Waals surface area (Å²) in [7, 11) is 2.21. The lowest BCUT2D eigenvalue weighted by molar-refractivity contribution is 0.0878. The van der Waals surface area contributed by atoms with Gasteiger partial charge in [-0.2, -0.15) is 0 Å². The Kier molecular flexibility index (Phi) is 3.98. The Morgan fingerprint density at radius 3 is 1.62 bits per heavy atom. The van der Waals surface area contributed by atoms with Gasteiger partial charge in [0.25, 0.3) is 0 Å². The minimum absolute atomic E-state index is 0.284. The molecule has 13 heavy (non-hydrogen) atoms. The van der Waals surface area contributed by atoms with Gasteiger partial charge in [0.05, 0.1) is 0 Å². The Morgan fingerprint density at radius 1 is 1.00 bits per heavy atom. The van der Waals surface area contributed by atoms with E-state index >= 15 is 0 Å². The molecule has 0 unspecified atom stereocenters. The third kappa shape index (κ3) is 4.12. The molecule has 0 bridgehead atoms. The van der Waals surface area contributed by atoms with Gasteiger partial charge in [0.1, 0.15) is 0 Å². The van der Waals surface area contributed by atoms with E-state index in [9.17, 15) is 0 Å². The highest BCUT2D eigenvalue weighted by Crippen LogP contribution is 2.28. The van der Waals surface area contributed by atoms with Crippen LogP contribution in [0.4, 0.5) is 0 Å². The first-order chi connectivity index (χ1) is 5.57. The van der Waals surface area contributed by atoms with Crippen LogP contribution in [-0.2, 0) is 0 Å². The lowest BCUT2D eigenvalue weighted by Crippen LogP contribution is -2.45. The van der Waals surface area contributed by atoms with Gasteiger partial charge in [-0.25, -0.2) is 0 Å². The first-order valence-corrected chi connectivity index (χ1v) is 5.28. The molecule has 0 fully saturated rings. The molecular weight excluding hydrogens is 158 g/mol. The Morgan fingerprint density at radius 2 is 1.38 bits per heavy atom. The quantitative estimate of drug-likeness (QED) is 0.651. The van der Waals surface area contributed by atoms with Gasteiger partial charge in [0.2, 0.25) is 0 Å². The monoisotopic (exact) mass is 185 g/mol. The van der Waals surface area contributed by atoms with E-state index in [2.05, 4.69) is 60.4 Å². The van der Waals surface area contributed by atoms with Crippen LogP contribution >= 0.6 is 0 Å². The Labute approximate surface area is 84.5 Å². The molecule has 0 radical (unpaired) electrons. The van der Waals surface area contributed by atoms with Crippen LogP contribution in [0.3, 0.4) is 0 Å². The number of hydrogen-bond acceptors (Lipinski definition) is 1. The highest BCUT2D eigenvalue weighted by atomic mass is 15.2. The number of nitrogens with zero attached hydrogens (tertiary/aromatic N) is 1. The highest BCUT2D eigenvalue weighted by molar-refractivity contribution is 4.81. The minimum atomic E-state index is 0.284. The molecule has 0 aliphatic heterocycles. The lowest BCUT2D eigenvalue weighted by Gasteiger charge is -2.40. The topological polar surface area (TPSA) is 3.24 Å². The average Bonchev–Trinajstić information content (AvgIpc) is 1.83. The first-order valence-electron chi connectivity index (χ1n) is 5.28. The van der Waals surface area contributed by atoms with E-state index in [1.54, 1.807) is 0 Å². The second kappa shape index (κ2) is 4.00. The molecule has 1 nitrogen and oxygen atoms in total. The molecule has 0 saturated heterocycles. The molecule has 0 aliphatic rings. The third-order valence-corrected chi connectivity index (χ3v) is 3.35. The van der Waals surface area contributed by atoms with Gasteiger partial charge in [0, 0.05) is 12.1 Å². The summed E-state index contributed by atoms with van der Waals surface area (Å²) >= 11 is 0. The van der Waals surface area contributed by atoms with Crippen molar-refractivity contribution in [2.24, 2.45) is 11.3 Å². The van der Waals surface area contributed by atoms with Gasteiger partial charge in [-0.05, 0) is 39.2 Å². The molecule has 0 aliphatic carbocycles. The van der Waals surface area contributed by atoms with Crippen LogP contribution in [0, 0.1) is 11.3 Å². The zero-order valence-corrected chi connectivity index (χ0v) is 10.7. The summed E-state index contributed by atoms with van der Waals surface area (Å²) in [6.45, 7) is 17.3. The van der Waals surface area contributed by atoms with E-state index in [1.165, 1.54) is 0 Å². The van der Waals surface area contributed by atoms with Crippen molar-refractivity contribution in [3.63, 3.8) is 0 Å². The van der Waals surface area contributed by atoms with Crippen molar-refractivity contribution in [3.8, 4) is 0 Å². The van der Waals surface area contributed by atoms with Gasteiger partial charge < -0.3 is 4.90 Å².